The summed E-state index contributed by atoms with van der Waals surface area (Å²) < 4.78 is 11.0. The molecule has 21 heavy (non-hydrogen) atoms. The number of fused-ring (bicyclic) bond motifs is 1. The highest BCUT2D eigenvalue weighted by atomic mass is 16.6. The zero-order valence-corrected chi connectivity index (χ0v) is 12.2. The number of likely N-dealkylation sites (N-methyl/N-ethyl adjacent to an activating group) is 1. The molecule has 0 saturated heterocycles. The lowest BCUT2D eigenvalue weighted by Crippen LogP contribution is -2.46. The topological polar surface area (TPSA) is 59.0 Å². The highest BCUT2D eigenvalue weighted by Crippen LogP contribution is 2.31. The molecule has 0 radical (unpaired) electrons. The Morgan fingerprint density at radius 1 is 1.19 bits per heavy atom. The van der Waals surface area contributed by atoms with E-state index in [1.165, 1.54) is 0 Å². The predicted octanol–water partition coefficient (Wildman–Crippen LogP) is 1.83. The maximum Gasteiger partial charge on any atom is 0.254 e. The minimum absolute atomic E-state index is 0.0853. The predicted molar refractivity (Wildman–Crippen MR) is 77.8 cm³/mol. The number of carbonyl (C=O) groups excluding carboxylic acids is 1. The third kappa shape index (κ3) is 2.83. The number of rotatable bonds is 2. The van der Waals surface area contributed by atoms with E-state index in [1.807, 2.05) is 0 Å². The second-order valence-corrected chi connectivity index (χ2v) is 5.69. The normalized spacial score (nSPS) is 24.5. The Morgan fingerprint density at radius 3 is 2.67 bits per heavy atom. The van der Waals surface area contributed by atoms with E-state index in [-0.39, 0.29) is 11.9 Å². The first kappa shape index (κ1) is 14.2. The number of ether oxygens (including phenoxy) is 2. The van der Waals surface area contributed by atoms with E-state index < -0.39 is 6.10 Å². The molecule has 3 rings (SSSR count). The number of aliphatic hydroxyl groups is 1. The van der Waals surface area contributed by atoms with E-state index in [9.17, 15) is 9.90 Å². The SMILES string of the molecule is CN(C(=O)c1ccc2c(c1)OCCO2)C1CCCCC1O. The van der Waals surface area contributed by atoms with Crippen LogP contribution in [0, 0.1) is 0 Å². The van der Waals surface area contributed by atoms with Crippen molar-refractivity contribution in [1.29, 1.82) is 0 Å². The Kier molecular flexibility index (Phi) is 4.01. The van der Waals surface area contributed by atoms with Crippen molar-refractivity contribution in [1.82, 2.24) is 4.90 Å². The van der Waals surface area contributed by atoms with E-state index in [1.54, 1.807) is 30.1 Å². The number of benzene rings is 1. The molecule has 5 nitrogen and oxygen atoms in total. The number of amides is 1. The average Bonchev–Trinajstić information content (AvgIpc) is 2.53. The summed E-state index contributed by atoms with van der Waals surface area (Å²) in [6.45, 7) is 1.04. The standard InChI is InChI=1S/C16H21NO4/c1-17(12-4-2-3-5-13(12)18)16(19)11-6-7-14-15(10-11)21-9-8-20-14/h6-7,10,12-13,18H,2-5,8-9H2,1H3. The van der Waals surface area contributed by atoms with Crippen LogP contribution in [0.4, 0.5) is 0 Å². The number of carbonyl (C=O) groups is 1. The summed E-state index contributed by atoms with van der Waals surface area (Å²) in [5, 5.41) is 10.1. The van der Waals surface area contributed by atoms with Crippen molar-refractivity contribution < 1.29 is 19.4 Å². The Morgan fingerprint density at radius 2 is 1.90 bits per heavy atom. The molecule has 1 N–H and O–H groups in total. The molecule has 1 aliphatic heterocycles. The summed E-state index contributed by atoms with van der Waals surface area (Å²) in [6.07, 6.45) is 3.28. The fourth-order valence-corrected chi connectivity index (χ4v) is 3.07. The van der Waals surface area contributed by atoms with Gasteiger partial charge in [0.2, 0.25) is 0 Å². The van der Waals surface area contributed by atoms with Crippen molar-refractivity contribution in [3.05, 3.63) is 23.8 Å². The second-order valence-electron chi connectivity index (χ2n) is 5.69. The number of hydrogen-bond donors (Lipinski definition) is 1. The van der Waals surface area contributed by atoms with Crippen LogP contribution in [-0.4, -0.2) is 48.3 Å². The number of aliphatic hydroxyl groups excluding tert-OH is 1. The molecule has 1 saturated carbocycles. The molecule has 1 fully saturated rings. The summed E-state index contributed by atoms with van der Waals surface area (Å²) in [5.41, 5.74) is 0.569. The van der Waals surface area contributed by atoms with Gasteiger partial charge in [-0.15, -0.1) is 0 Å². The zero-order valence-electron chi connectivity index (χ0n) is 12.2. The van der Waals surface area contributed by atoms with E-state index >= 15 is 0 Å². The lowest BCUT2D eigenvalue weighted by atomic mass is 9.91. The van der Waals surface area contributed by atoms with Crippen molar-refractivity contribution in [3.63, 3.8) is 0 Å². The van der Waals surface area contributed by atoms with E-state index in [2.05, 4.69) is 0 Å². The lowest BCUT2D eigenvalue weighted by molar-refractivity contribution is 0.0267. The minimum Gasteiger partial charge on any atom is -0.486 e. The monoisotopic (exact) mass is 291 g/mol. The van der Waals surface area contributed by atoms with Crippen LogP contribution in [0.1, 0.15) is 36.0 Å². The smallest absolute Gasteiger partial charge is 0.254 e. The molecule has 2 unspecified atom stereocenters. The summed E-state index contributed by atoms with van der Waals surface area (Å²) in [6, 6.07) is 5.15. The van der Waals surface area contributed by atoms with Crippen LogP contribution in [0.25, 0.3) is 0 Å². The van der Waals surface area contributed by atoms with Gasteiger partial charge in [0.05, 0.1) is 12.1 Å². The van der Waals surface area contributed by atoms with E-state index in [4.69, 9.17) is 9.47 Å². The quantitative estimate of drug-likeness (QED) is 0.903. The van der Waals surface area contributed by atoms with Gasteiger partial charge in [0.25, 0.3) is 5.91 Å². The Hall–Kier alpha value is -1.75. The Bertz CT molecular complexity index is 531. The molecule has 0 bridgehead atoms. The average molecular weight is 291 g/mol. The first-order chi connectivity index (χ1) is 10.2. The maximum absolute atomic E-state index is 12.6. The van der Waals surface area contributed by atoms with Crippen molar-refractivity contribution in [3.8, 4) is 11.5 Å². The van der Waals surface area contributed by atoms with Gasteiger partial charge in [0.1, 0.15) is 13.2 Å². The van der Waals surface area contributed by atoms with Crippen molar-refractivity contribution >= 4 is 5.91 Å². The fraction of sp³-hybridized carbons (Fsp3) is 0.562. The summed E-state index contributed by atoms with van der Waals surface area (Å²) in [5.74, 6) is 1.21. The van der Waals surface area contributed by atoms with Gasteiger partial charge in [0, 0.05) is 12.6 Å². The van der Waals surface area contributed by atoms with E-state index in [0.717, 1.165) is 25.7 Å². The van der Waals surface area contributed by atoms with Crippen LogP contribution in [-0.2, 0) is 0 Å². The number of hydrogen-bond acceptors (Lipinski definition) is 4. The van der Waals surface area contributed by atoms with Crippen LogP contribution in [0.2, 0.25) is 0 Å². The van der Waals surface area contributed by atoms with Crippen molar-refractivity contribution in [2.75, 3.05) is 20.3 Å². The van der Waals surface area contributed by atoms with Gasteiger partial charge in [-0.05, 0) is 31.0 Å². The third-order valence-electron chi connectivity index (χ3n) is 4.30. The zero-order chi connectivity index (χ0) is 14.8. The summed E-state index contributed by atoms with van der Waals surface area (Å²) >= 11 is 0. The molecule has 1 amide bonds. The van der Waals surface area contributed by atoms with Gasteiger partial charge in [-0.25, -0.2) is 0 Å². The third-order valence-corrected chi connectivity index (χ3v) is 4.30. The molecule has 1 heterocycles. The Balaban J connectivity index is 1.77. The molecule has 2 atom stereocenters. The largest absolute Gasteiger partial charge is 0.486 e. The highest BCUT2D eigenvalue weighted by molar-refractivity contribution is 5.95. The van der Waals surface area contributed by atoms with Crippen LogP contribution in [0.5, 0.6) is 11.5 Å². The molecule has 1 aromatic carbocycles. The van der Waals surface area contributed by atoms with Gasteiger partial charge in [-0.2, -0.15) is 0 Å². The van der Waals surface area contributed by atoms with Crippen LogP contribution < -0.4 is 9.47 Å². The van der Waals surface area contributed by atoms with Gasteiger partial charge in [0.15, 0.2) is 11.5 Å². The maximum atomic E-state index is 12.6. The summed E-state index contributed by atoms with van der Waals surface area (Å²) in [4.78, 5) is 14.3. The fourth-order valence-electron chi connectivity index (χ4n) is 3.07. The molecule has 1 aromatic rings. The van der Waals surface area contributed by atoms with Crippen molar-refractivity contribution in [2.24, 2.45) is 0 Å². The van der Waals surface area contributed by atoms with Gasteiger partial charge >= 0.3 is 0 Å². The first-order valence-electron chi connectivity index (χ1n) is 7.51. The molecular weight excluding hydrogens is 270 g/mol. The first-order valence-corrected chi connectivity index (χ1v) is 7.51. The minimum atomic E-state index is -0.426. The molecule has 0 spiro atoms. The van der Waals surface area contributed by atoms with Crippen LogP contribution in [0.15, 0.2) is 18.2 Å². The van der Waals surface area contributed by atoms with Gasteiger partial charge in [-0.1, -0.05) is 12.8 Å². The molecule has 1 aliphatic carbocycles. The van der Waals surface area contributed by atoms with E-state index in [0.29, 0.717) is 30.3 Å². The Labute approximate surface area is 124 Å². The van der Waals surface area contributed by atoms with Gasteiger partial charge < -0.3 is 19.5 Å². The molecular formula is C16H21NO4. The lowest BCUT2D eigenvalue weighted by Gasteiger charge is -2.35. The van der Waals surface area contributed by atoms with Crippen molar-refractivity contribution in [2.45, 2.75) is 37.8 Å². The van der Waals surface area contributed by atoms with Crippen LogP contribution >= 0.6 is 0 Å². The second kappa shape index (κ2) is 5.93. The highest BCUT2D eigenvalue weighted by Gasteiger charge is 2.30. The molecule has 2 aliphatic rings. The molecule has 114 valence electrons. The number of nitrogens with zero attached hydrogens (tertiary/aromatic N) is 1. The van der Waals surface area contributed by atoms with Gasteiger partial charge in [-0.3, -0.25) is 4.79 Å². The summed E-state index contributed by atoms with van der Waals surface area (Å²) in [7, 11) is 1.76. The molecule has 5 heteroatoms. The van der Waals surface area contributed by atoms with Crippen LogP contribution in [0.3, 0.4) is 0 Å². The molecule has 0 aromatic heterocycles.